The van der Waals surface area contributed by atoms with Gasteiger partial charge in [0, 0.05) is 72.9 Å². The molecule has 66 heavy (non-hydrogen) atoms. The summed E-state index contributed by atoms with van der Waals surface area (Å²) in [4.78, 5) is 25.6. The number of rotatable bonds is 22. The van der Waals surface area contributed by atoms with Gasteiger partial charge in [-0.25, -0.2) is 9.59 Å². The molecule has 4 aromatic rings. The minimum absolute atomic E-state index is 0.0141. The molecule has 2 aliphatic rings. The molecule has 14 nitrogen and oxygen atoms in total. The van der Waals surface area contributed by atoms with Gasteiger partial charge < -0.3 is 57.8 Å². The molecule has 0 amide bonds. The highest BCUT2D eigenvalue weighted by Gasteiger charge is 2.41. The number of nitrogens with zero attached hydrogens (tertiary/aromatic N) is 2. The third-order valence-electron chi connectivity index (χ3n) is 13.8. The number of hydrogen-bond acceptors (Lipinski definition) is 12. The first-order valence-corrected chi connectivity index (χ1v) is 22.7. The average Bonchev–Trinajstić information content (AvgIpc) is 3.34. The quantitative estimate of drug-likeness (QED) is 0.0344. The lowest BCUT2D eigenvalue weighted by Crippen LogP contribution is -2.52. The summed E-state index contributed by atoms with van der Waals surface area (Å²) in [7, 11) is 10.9. The zero-order valence-corrected chi connectivity index (χ0v) is 39.3. The number of carbonyl (C=O) groups is 2. The molecule has 4 atom stereocenters. The minimum atomic E-state index is -0.627. The van der Waals surface area contributed by atoms with E-state index in [1.54, 1.807) is 28.4 Å². The first kappa shape index (κ1) is 49.9. The first-order valence-electron chi connectivity index (χ1n) is 22.7. The van der Waals surface area contributed by atoms with Gasteiger partial charge in [0.2, 0.25) is 0 Å². The second-order valence-corrected chi connectivity index (χ2v) is 17.8. The summed E-state index contributed by atoms with van der Waals surface area (Å²) in [5.41, 5.74) is 9.55. The van der Waals surface area contributed by atoms with Crippen LogP contribution in [0.4, 0.5) is 0 Å². The molecule has 2 aliphatic heterocycles. The number of quaternary nitrogens is 2. The molecule has 0 spiro atoms. The van der Waals surface area contributed by atoms with Crippen molar-refractivity contribution >= 4 is 11.9 Å². The third kappa shape index (κ3) is 11.5. The highest BCUT2D eigenvalue weighted by Crippen LogP contribution is 2.43. The van der Waals surface area contributed by atoms with Crippen molar-refractivity contribution < 1.29 is 67.4 Å². The van der Waals surface area contributed by atoms with Crippen LogP contribution in [-0.2, 0) is 71.2 Å². The van der Waals surface area contributed by atoms with Gasteiger partial charge in [0.15, 0.2) is 11.5 Å². The van der Waals surface area contributed by atoms with E-state index in [0.29, 0.717) is 75.3 Å². The van der Waals surface area contributed by atoms with Crippen molar-refractivity contribution in [2.75, 3.05) is 81.9 Å². The van der Waals surface area contributed by atoms with Crippen LogP contribution < -0.4 is 18.9 Å². The van der Waals surface area contributed by atoms with Gasteiger partial charge >= 0.3 is 11.9 Å². The average molecular weight is 913 g/mol. The van der Waals surface area contributed by atoms with Gasteiger partial charge in [0.05, 0.1) is 108 Å². The number of esters is 2. The molecule has 0 bridgehead atoms. The van der Waals surface area contributed by atoms with Crippen molar-refractivity contribution in [3.05, 3.63) is 128 Å². The van der Waals surface area contributed by atoms with E-state index in [4.69, 9.17) is 28.4 Å². The van der Waals surface area contributed by atoms with E-state index < -0.39 is 11.9 Å². The van der Waals surface area contributed by atoms with E-state index in [1.807, 2.05) is 48.5 Å². The second kappa shape index (κ2) is 22.8. The van der Waals surface area contributed by atoms with E-state index >= 15 is 0 Å². The molecule has 356 valence electrons. The highest BCUT2D eigenvalue weighted by molar-refractivity contribution is 5.91. The molecule has 0 radical (unpaired) electrons. The predicted octanol–water partition coefficient (Wildman–Crippen LogP) is 5.39. The van der Waals surface area contributed by atoms with Crippen LogP contribution in [0.1, 0.15) is 80.6 Å². The Labute approximate surface area is 388 Å². The zero-order chi connectivity index (χ0) is 47.4. The van der Waals surface area contributed by atoms with E-state index in [2.05, 4.69) is 26.2 Å². The van der Waals surface area contributed by atoms with Crippen LogP contribution in [0.15, 0.2) is 72.8 Å². The summed E-state index contributed by atoms with van der Waals surface area (Å²) < 4.78 is 34.8. The van der Waals surface area contributed by atoms with E-state index in [1.165, 1.54) is 11.1 Å². The standard InChI is InChI=1S/C52H68N2O12/c1-53(19-15-37-27-40(32-56)41(33-57)28-43(37)45(53)24-35-10-12-47(61-3)42(23-35)34-58)17-7-21-65-51(59)13-14-52(60)66-22-8-18-54(2)20-16-38-29-49(63-5)50(64-6)30-44(38)46(54)25-36-9-11-39(31-55)48(26-36)62-4/h9-14,23,26-30,45-46,55-58H,7-8,15-22,24-25,31-34H2,1-6H3/q+2/b14-13+/t45-,46-,53-,54-/m1/s1. The van der Waals surface area contributed by atoms with Gasteiger partial charge in [0.1, 0.15) is 23.6 Å². The maximum absolute atomic E-state index is 12.8. The minimum Gasteiger partial charge on any atom is -0.496 e. The lowest BCUT2D eigenvalue weighted by Gasteiger charge is -2.46. The predicted molar refractivity (Wildman–Crippen MR) is 248 cm³/mol. The fraction of sp³-hybridized carbons (Fsp3) is 0.462. The van der Waals surface area contributed by atoms with Gasteiger partial charge in [-0.1, -0.05) is 24.3 Å². The number of likely N-dealkylation sites (N-methyl/N-ethyl adjacent to an activating group) is 2. The smallest absolute Gasteiger partial charge is 0.331 e. The fourth-order valence-corrected chi connectivity index (χ4v) is 9.98. The third-order valence-corrected chi connectivity index (χ3v) is 13.8. The van der Waals surface area contributed by atoms with Crippen molar-refractivity contribution in [3.8, 4) is 23.0 Å². The first-order chi connectivity index (χ1) is 31.9. The molecule has 0 saturated carbocycles. The second-order valence-electron chi connectivity index (χ2n) is 17.8. The molecule has 0 fully saturated rings. The number of aliphatic hydroxyl groups excluding tert-OH is 4. The summed E-state index contributed by atoms with van der Waals surface area (Å²) in [5, 5.41) is 40.0. The van der Waals surface area contributed by atoms with Gasteiger partial charge in [-0.15, -0.1) is 0 Å². The zero-order valence-electron chi connectivity index (χ0n) is 39.3. The van der Waals surface area contributed by atoms with Crippen LogP contribution in [0, 0.1) is 0 Å². The van der Waals surface area contributed by atoms with Gasteiger partial charge in [-0.2, -0.15) is 0 Å². The van der Waals surface area contributed by atoms with Crippen LogP contribution in [-0.4, -0.2) is 123 Å². The molecule has 4 aromatic carbocycles. The Balaban J connectivity index is 1.04. The topological polar surface area (TPSA) is 170 Å². The SMILES string of the molecule is COc1ccc(C[C@@H]2c3cc(CO)c(CO)cc3CC[N@@+]2(C)CCCOC(=O)/C=C/C(=O)OCCC[N@+]2(C)CCc3cc(OC)c(OC)cc3[C@H]2Cc2ccc(CO)c(OC)c2)cc1CO. The van der Waals surface area contributed by atoms with Gasteiger partial charge in [-0.3, -0.25) is 0 Å². The molecular weight excluding hydrogens is 845 g/mol. The Morgan fingerprint density at radius 1 is 0.545 bits per heavy atom. The maximum Gasteiger partial charge on any atom is 0.331 e. The molecule has 6 rings (SSSR count). The Hall–Kier alpha value is -5.48. The largest absolute Gasteiger partial charge is 0.496 e. The number of benzene rings is 4. The van der Waals surface area contributed by atoms with Crippen LogP contribution in [0.5, 0.6) is 23.0 Å². The molecule has 0 saturated heterocycles. The lowest BCUT2D eigenvalue weighted by molar-refractivity contribution is -0.941. The molecule has 0 aliphatic carbocycles. The molecule has 4 N–H and O–H groups in total. The molecule has 0 unspecified atom stereocenters. The summed E-state index contributed by atoms with van der Waals surface area (Å²) in [5.74, 6) is 1.37. The van der Waals surface area contributed by atoms with Gasteiger partial charge in [-0.05, 0) is 69.8 Å². The molecule has 0 aromatic heterocycles. The van der Waals surface area contributed by atoms with Crippen molar-refractivity contribution in [1.82, 2.24) is 0 Å². The highest BCUT2D eigenvalue weighted by atomic mass is 16.5. The van der Waals surface area contributed by atoms with Crippen LogP contribution in [0.25, 0.3) is 0 Å². The molecule has 14 heteroatoms. The number of fused-ring (bicyclic) bond motifs is 2. The summed E-state index contributed by atoms with van der Waals surface area (Å²) >= 11 is 0. The number of carbonyl (C=O) groups excluding carboxylic acids is 2. The normalized spacial score (nSPS) is 20.0. The summed E-state index contributed by atoms with van der Waals surface area (Å²) in [6.45, 7) is 2.82. The van der Waals surface area contributed by atoms with E-state index in [9.17, 15) is 30.0 Å². The van der Waals surface area contributed by atoms with Gasteiger partial charge in [0.25, 0.3) is 0 Å². The van der Waals surface area contributed by atoms with Crippen LogP contribution in [0.3, 0.4) is 0 Å². The number of ether oxygens (including phenoxy) is 6. The monoisotopic (exact) mass is 912 g/mol. The van der Waals surface area contributed by atoms with E-state index in [0.717, 1.165) is 78.0 Å². The van der Waals surface area contributed by atoms with Crippen molar-refractivity contribution in [1.29, 1.82) is 0 Å². The number of aliphatic hydroxyl groups is 4. The Morgan fingerprint density at radius 3 is 1.55 bits per heavy atom. The fourth-order valence-electron chi connectivity index (χ4n) is 9.98. The number of hydrogen-bond donors (Lipinski definition) is 4. The van der Waals surface area contributed by atoms with Crippen LogP contribution in [0.2, 0.25) is 0 Å². The Bertz CT molecular complexity index is 2190. The van der Waals surface area contributed by atoms with Crippen molar-refractivity contribution in [3.63, 3.8) is 0 Å². The maximum atomic E-state index is 12.8. The van der Waals surface area contributed by atoms with Crippen molar-refractivity contribution in [2.45, 2.75) is 77.0 Å². The van der Waals surface area contributed by atoms with Crippen LogP contribution >= 0.6 is 0 Å². The Kier molecular flexibility index (Phi) is 17.3. The van der Waals surface area contributed by atoms with E-state index in [-0.39, 0.29) is 51.7 Å². The number of methoxy groups -OCH3 is 4. The van der Waals surface area contributed by atoms with Crippen molar-refractivity contribution in [2.24, 2.45) is 0 Å². The lowest BCUT2D eigenvalue weighted by atomic mass is 9.84. The Morgan fingerprint density at radius 2 is 1.02 bits per heavy atom. The summed E-state index contributed by atoms with van der Waals surface area (Å²) in [6.07, 6.45) is 6.36. The molecular formula is C52H68N2O12+2. The molecule has 2 heterocycles. The summed E-state index contributed by atoms with van der Waals surface area (Å²) in [6, 6.07) is 19.9.